The van der Waals surface area contributed by atoms with E-state index in [1.807, 2.05) is 45.2 Å². The van der Waals surface area contributed by atoms with Crippen LogP contribution < -0.4 is 24.3 Å². The van der Waals surface area contributed by atoms with E-state index in [-0.39, 0.29) is 5.91 Å². The van der Waals surface area contributed by atoms with Gasteiger partial charge in [0.05, 0.1) is 26.9 Å². The number of hydrogen-bond acceptors (Lipinski definition) is 5. The summed E-state index contributed by atoms with van der Waals surface area (Å²) in [5.41, 5.74) is 2.62. The minimum absolute atomic E-state index is 0.192. The molecule has 0 aliphatic rings. The molecule has 2 N–H and O–H groups in total. The van der Waals surface area contributed by atoms with Crippen molar-refractivity contribution in [2.24, 2.45) is 0 Å². The predicted molar refractivity (Wildman–Crippen MR) is 121 cm³/mol. The lowest BCUT2D eigenvalue weighted by Crippen LogP contribution is -2.25. The van der Waals surface area contributed by atoms with E-state index in [0.717, 1.165) is 22.2 Å². The zero-order valence-corrected chi connectivity index (χ0v) is 18.5. The largest absolute Gasteiger partial charge is 0.497 e. The molecule has 0 unspecified atom stereocenters. The Morgan fingerprint density at radius 3 is 2.26 bits per heavy atom. The lowest BCUT2D eigenvalue weighted by atomic mass is 10.1. The van der Waals surface area contributed by atoms with Crippen molar-refractivity contribution in [3.05, 3.63) is 47.7 Å². The van der Waals surface area contributed by atoms with Crippen LogP contribution in [0.5, 0.6) is 23.0 Å². The molecule has 166 valence electrons. The van der Waals surface area contributed by atoms with Crippen LogP contribution in [0.1, 0.15) is 36.7 Å². The first-order chi connectivity index (χ1) is 15.1. The van der Waals surface area contributed by atoms with Crippen molar-refractivity contribution < 1.29 is 23.7 Å². The fourth-order valence-electron chi connectivity index (χ4n) is 3.42. The van der Waals surface area contributed by atoms with Crippen molar-refractivity contribution in [2.45, 2.75) is 27.2 Å². The molecule has 0 saturated carbocycles. The number of aromatic amines is 1. The molecule has 1 heterocycles. The second-order valence-corrected chi connectivity index (χ2v) is 6.83. The summed E-state index contributed by atoms with van der Waals surface area (Å²) in [7, 11) is 1.65. The molecule has 0 aliphatic carbocycles. The second kappa shape index (κ2) is 10.6. The van der Waals surface area contributed by atoms with E-state index < -0.39 is 0 Å². The zero-order valence-electron chi connectivity index (χ0n) is 18.5. The van der Waals surface area contributed by atoms with E-state index in [4.69, 9.17) is 18.9 Å². The van der Waals surface area contributed by atoms with Crippen LogP contribution in [0.4, 0.5) is 0 Å². The third-order valence-electron chi connectivity index (χ3n) is 4.83. The van der Waals surface area contributed by atoms with Crippen molar-refractivity contribution >= 4 is 16.8 Å². The molecule has 3 aromatic rings. The van der Waals surface area contributed by atoms with Crippen LogP contribution in [-0.2, 0) is 6.42 Å². The highest BCUT2D eigenvalue weighted by Gasteiger charge is 2.18. The molecule has 7 nitrogen and oxygen atoms in total. The van der Waals surface area contributed by atoms with Gasteiger partial charge in [0.2, 0.25) is 5.75 Å². The van der Waals surface area contributed by atoms with E-state index >= 15 is 0 Å². The second-order valence-electron chi connectivity index (χ2n) is 6.83. The number of fused-ring (bicyclic) bond motifs is 1. The van der Waals surface area contributed by atoms with Gasteiger partial charge in [0, 0.05) is 29.2 Å². The van der Waals surface area contributed by atoms with E-state index in [1.54, 1.807) is 19.2 Å². The van der Waals surface area contributed by atoms with Crippen LogP contribution >= 0.6 is 0 Å². The molecule has 1 amide bonds. The number of nitrogens with one attached hydrogen (secondary N) is 2. The highest BCUT2D eigenvalue weighted by atomic mass is 16.5. The lowest BCUT2D eigenvalue weighted by Gasteiger charge is -2.17. The monoisotopic (exact) mass is 426 g/mol. The molecule has 7 heteroatoms. The Kier molecular flexibility index (Phi) is 7.65. The Balaban J connectivity index is 1.74. The van der Waals surface area contributed by atoms with E-state index in [1.165, 1.54) is 0 Å². The Morgan fingerprint density at radius 2 is 1.65 bits per heavy atom. The van der Waals surface area contributed by atoms with Gasteiger partial charge < -0.3 is 29.2 Å². The van der Waals surface area contributed by atoms with Gasteiger partial charge in [-0.05, 0) is 63.1 Å². The quantitative estimate of drug-likeness (QED) is 0.477. The van der Waals surface area contributed by atoms with Crippen LogP contribution in [0.15, 0.2) is 36.5 Å². The number of methoxy groups -OCH3 is 1. The van der Waals surface area contributed by atoms with Gasteiger partial charge in [-0.3, -0.25) is 4.79 Å². The van der Waals surface area contributed by atoms with Gasteiger partial charge in [-0.1, -0.05) is 0 Å². The molecule has 0 spiro atoms. The molecule has 0 bridgehead atoms. The number of H-pyrrole nitrogens is 1. The van der Waals surface area contributed by atoms with Gasteiger partial charge in [-0.25, -0.2) is 0 Å². The molecular formula is C24H30N2O5. The van der Waals surface area contributed by atoms with Gasteiger partial charge in [-0.15, -0.1) is 0 Å². The number of ether oxygens (including phenoxy) is 4. The summed E-state index contributed by atoms with van der Waals surface area (Å²) in [5.74, 6) is 2.14. The maximum Gasteiger partial charge on any atom is 0.251 e. The molecule has 31 heavy (non-hydrogen) atoms. The first-order valence-electron chi connectivity index (χ1n) is 10.6. The van der Waals surface area contributed by atoms with Crippen LogP contribution in [0.2, 0.25) is 0 Å². The topological polar surface area (TPSA) is 81.8 Å². The standard InChI is InChI=1S/C24H30N2O5/c1-5-29-21-12-17(13-22(30-6-2)23(21)31-7-3)24(27)25-11-10-16-15-26-20-9-8-18(28-4)14-19(16)20/h8-9,12-15,26H,5-7,10-11H2,1-4H3,(H,25,27). The summed E-state index contributed by atoms with van der Waals surface area (Å²) in [6.45, 7) is 7.55. The highest BCUT2D eigenvalue weighted by molar-refractivity contribution is 5.95. The number of aromatic nitrogens is 1. The number of carbonyl (C=O) groups excluding carboxylic acids is 1. The molecule has 0 atom stereocenters. The third kappa shape index (κ3) is 5.23. The fourth-order valence-corrected chi connectivity index (χ4v) is 3.42. The number of carbonyl (C=O) groups is 1. The number of hydrogen-bond donors (Lipinski definition) is 2. The van der Waals surface area contributed by atoms with Crippen molar-refractivity contribution in [3.8, 4) is 23.0 Å². The molecule has 1 aromatic heterocycles. The first-order valence-corrected chi connectivity index (χ1v) is 10.6. The Hall–Kier alpha value is -3.35. The predicted octanol–water partition coefficient (Wildman–Crippen LogP) is 4.35. The summed E-state index contributed by atoms with van der Waals surface area (Å²) in [5, 5.41) is 4.07. The SMILES string of the molecule is CCOc1cc(C(=O)NCCc2c[nH]c3ccc(OC)cc23)cc(OCC)c1OCC. The van der Waals surface area contributed by atoms with E-state index in [9.17, 15) is 4.79 Å². The molecular weight excluding hydrogens is 396 g/mol. The molecule has 0 radical (unpaired) electrons. The van der Waals surface area contributed by atoms with E-state index in [0.29, 0.717) is 55.6 Å². The van der Waals surface area contributed by atoms with Gasteiger partial charge >= 0.3 is 0 Å². The molecule has 0 fully saturated rings. The van der Waals surface area contributed by atoms with Gasteiger partial charge in [0.25, 0.3) is 5.91 Å². The summed E-state index contributed by atoms with van der Waals surface area (Å²) in [6, 6.07) is 9.30. The van der Waals surface area contributed by atoms with Crippen molar-refractivity contribution in [2.75, 3.05) is 33.5 Å². The minimum Gasteiger partial charge on any atom is -0.497 e. The Labute approximate surface area is 182 Å². The van der Waals surface area contributed by atoms with Gasteiger partial charge in [0.15, 0.2) is 11.5 Å². The third-order valence-corrected chi connectivity index (χ3v) is 4.83. The average molecular weight is 427 g/mol. The van der Waals surface area contributed by atoms with Gasteiger partial charge in [-0.2, -0.15) is 0 Å². The minimum atomic E-state index is -0.192. The van der Waals surface area contributed by atoms with Gasteiger partial charge in [0.1, 0.15) is 5.75 Å². The Bertz CT molecular complexity index is 1000. The number of amides is 1. The fraction of sp³-hybridized carbons (Fsp3) is 0.375. The lowest BCUT2D eigenvalue weighted by molar-refractivity contribution is 0.0953. The summed E-state index contributed by atoms with van der Waals surface area (Å²) >= 11 is 0. The molecule has 2 aromatic carbocycles. The summed E-state index contributed by atoms with van der Waals surface area (Å²) in [4.78, 5) is 16.1. The smallest absolute Gasteiger partial charge is 0.251 e. The van der Waals surface area contributed by atoms with E-state index in [2.05, 4.69) is 10.3 Å². The van der Waals surface area contributed by atoms with Crippen molar-refractivity contribution in [1.29, 1.82) is 0 Å². The highest BCUT2D eigenvalue weighted by Crippen LogP contribution is 2.39. The van der Waals surface area contributed by atoms with Crippen LogP contribution in [0.3, 0.4) is 0 Å². The average Bonchev–Trinajstić information content (AvgIpc) is 3.18. The molecule has 0 aliphatic heterocycles. The maximum absolute atomic E-state index is 12.8. The zero-order chi connectivity index (χ0) is 22.2. The molecule has 3 rings (SSSR count). The van der Waals surface area contributed by atoms with Crippen LogP contribution in [0, 0.1) is 0 Å². The summed E-state index contributed by atoms with van der Waals surface area (Å²) in [6.07, 6.45) is 2.65. The normalized spacial score (nSPS) is 10.7. The van der Waals surface area contributed by atoms with Crippen molar-refractivity contribution in [1.82, 2.24) is 10.3 Å². The number of benzene rings is 2. The first kappa shape index (κ1) is 22.3. The Morgan fingerprint density at radius 1 is 0.968 bits per heavy atom. The molecule has 0 saturated heterocycles. The summed E-state index contributed by atoms with van der Waals surface area (Å²) < 4.78 is 22.4. The van der Waals surface area contributed by atoms with Crippen LogP contribution in [0.25, 0.3) is 10.9 Å². The van der Waals surface area contributed by atoms with Crippen LogP contribution in [-0.4, -0.2) is 44.4 Å². The van der Waals surface area contributed by atoms with Crippen molar-refractivity contribution in [3.63, 3.8) is 0 Å². The number of rotatable bonds is 11. The maximum atomic E-state index is 12.8.